The summed E-state index contributed by atoms with van der Waals surface area (Å²) in [6.07, 6.45) is 1.93. The molecule has 2 bridgehead atoms. The molecule has 3 heterocycles. The molecule has 0 aromatic rings. The van der Waals surface area contributed by atoms with Gasteiger partial charge in [-0.25, -0.2) is 0 Å². The molecule has 0 aromatic heterocycles. The number of nitrogens with zero attached hydrogens (tertiary/aromatic N) is 1. The van der Waals surface area contributed by atoms with Gasteiger partial charge in [-0.3, -0.25) is 14.5 Å². The molecule has 2 amide bonds. The van der Waals surface area contributed by atoms with Gasteiger partial charge in [0.15, 0.2) is 0 Å². The van der Waals surface area contributed by atoms with Crippen LogP contribution in [-0.4, -0.2) is 58.4 Å². The second-order valence-corrected chi connectivity index (χ2v) is 4.63. The van der Waals surface area contributed by atoms with Crippen LogP contribution in [0.3, 0.4) is 0 Å². The summed E-state index contributed by atoms with van der Waals surface area (Å²) in [5.74, 6) is -1.49. The summed E-state index contributed by atoms with van der Waals surface area (Å²) in [5, 5.41) is 18.1. The maximum Gasteiger partial charge on any atom is 0.236 e. The number of carbonyl (C=O) groups is 2. The molecule has 6 nitrogen and oxygen atoms in total. The lowest BCUT2D eigenvalue weighted by atomic mass is 9.85. The van der Waals surface area contributed by atoms with E-state index in [2.05, 4.69) is 0 Å². The summed E-state index contributed by atoms with van der Waals surface area (Å²) < 4.78 is 5.47. The van der Waals surface area contributed by atoms with Crippen molar-refractivity contribution in [2.75, 3.05) is 13.2 Å². The number of carbonyl (C=O) groups excluding carboxylic acids is 2. The first-order chi connectivity index (χ1) is 8.13. The van der Waals surface area contributed by atoms with Crippen molar-refractivity contribution in [3.05, 3.63) is 12.2 Å². The SMILES string of the molecule is O=C1C2C3C=CC(O3)C2C(=O)N1CC(O)CO. The molecule has 5 atom stereocenters. The molecule has 0 aliphatic carbocycles. The number of ether oxygens (including phenoxy) is 1. The molecule has 0 radical (unpaired) electrons. The Kier molecular flexibility index (Phi) is 2.32. The lowest BCUT2D eigenvalue weighted by Crippen LogP contribution is -2.40. The fourth-order valence-electron chi connectivity index (χ4n) is 2.81. The van der Waals surface area contributed by atoms with E-state index in [-0.39, 0.29) is 30.6 Å². The van der Waals surface area contributed by atoms with Crippen LogP contribution in [0.15, 0.2) is 12.2 Å². The van der Waals surface area contributed by atoms with E-state index in [1.54, 1.807) is 0 Å². The molecule has 0 spiro atoms. The van der Waals surface area contributed by atoms with Crippen LogP contribution in [0.1, 0.15) is 0 Å². The third-order valence-corrected chi connectivity index (χ3v) is 3.61. The first-order valence-corrected chi connectivity index (χ1v) is 5.61. The van der Waals surface area contributed by atoms with Crippen molar-refractivity contribution in [3.8, 4) is 0 Å². The summed E-state index contributed by atoms with van der Waals surface area (Å²) >= 11 is 0. The summed E-state index contributed by atoms with van der Waals surface area (Å²) in [5.41, 5.74) is 0. The van der Waals surface area contributed by atoms with Gasteiger partial charge >= 0.3 is 0 Å². The Balaban J connectivity index is 1.83. The van der Waals surface area contributed by atoms with Crippen LogP contribution >= 0.6 is 0 Å². The van der Waals surface area contributed by atoms with Gasteiger partial charge in [0, 0.05) is 0 Å². The molecule has 3 aliphatic rings. The Hall–Kier alpha value is -1.24. The summed E-state index contributed by atoms with van der Waals surface area (Å²) in [7, 11) is 0. The number of β-amino-alcohol motifs (C(OH)–C–C–N with tert-alkyl or cyclic N) is 1. The van der Waals surface area contributed by atoms with Gasteiger partial charge in [0.2, 0.25) is 11.8 Å². The van der Waals surface area contributed by atoms with E-state index in [1.807, 2.05) is 12.2 Å². The Labute approximate surface area is 97.5 Å². The number of hydrogen-bond acceptors (Lipinski definition) is 5. The largest absolute Gasteiger partial charge is 0.394 e. The summed E-state index contributed by atoms with van der Waals surface area (Å²) in [4.78, 5) is 25.1. The first-order valence-electron chi connectivity index (χ1n) is 5.61. The van der Waals surface area contributed by atoms with Crippen molar-refractivity contribution in [1.29, 1.82) is 0 Å². The third-order valence-electron chi connectivity index (χ3n) is 3.61. The third kappa shape index (κ3) is 1.38. The van der Waals surface area contributed by atoms with Crippen LogP contribution in [0, 0.1) is 11.8 Å². The fraction of sp³-hybridized carbons (Fsp3) is 0.636. The van der Waals surface area contributed by atoms with Crippen LogP contribution in [0.2, 0.25) is 0 Å². The van der Waals surface area contributed by atoms with Crippen molar-refractivity contribution >= 4 is 11.8 Å². The highest BCUT2D eigenvalue weighted by molar-refractivity contribution is 6.06. The molecule has 92 valence electrons. The maximum absolute atomic E-state index is 12.0. The molecule has 3 rings (SSSR count). The highest BCUT2D eigenvalue weighted by Crippen LogP contribution is 2.44. The lowest BCUT2D eigenvalue weighted by molar-refractivity contribution is -0.144. The second-order valence-electron chi connectivity index (χ2n) is 4.63. The van der Waals surface area contributed by atoms with E-state index in [0.717, 1.165) is 4.90 Å². The lowest BCUT2D eigenvalue weighted by Gasteiger charge is -2.19. The number of aliphatic hydroxyl groups excluding tert-OH is 2. The van der Waals surface area contributed by atoms with E-state index >= 15 is 0 Å². The number of fused-ring (bicyclic) bond motifs is 5. The molecule has 3 aliphatic heterocycles. The average Bonchev–Trinajstić information content (AvgIpc) is 2.98. The summed E-state index contributed by atoms with van der Waals surface area (Å²) in [6, 6.07) is 0. The zero-order valence-corrected chi connectivity index (χ0v) is 9.02. The number of likely N-dealkylation sites (tertiary alicyclic amines) is 1. The second kappa shape index (κ2) is 3.63. The quantitative estimate of drug-likeness (QED) is 0.452. The molecule has 2 fully saturated rings. The standard InChI is InChI=1S/C11H13NO5/c13-4-5(14)3-12-10(15)8-6-1-2-7(17-6)9(8)11(12)16/h1-2,5-9,13-14H,3-4H2. The van der Waals surface area contributed by atoms with E-state index in [1.165, 1.54) is 0 Å². The molecule has 0 aromatic carbocycles. The van der Waals surface area contributed by atoms with E-state index in [9.17, 15) is 14.7 Å². The molecular formula is C11H13NO5. The zero-order chi connectivity index (χ0) is 12.2. The van der Waals surface area contributed by atoms with Crippen molar-refractivity contribution in [1.82, 2.24) is 4.90 Å². The Morgan fingerprint density at radius 2 is 1.76 bits per heavy atom. The summed E-state index contributed by atoms with van der Waals surface area (Å²) in [6.45, 7) is -0.603. The highest BCUT2D eigenvalue weighted by atomic mass is 16.5. The fourth-order valence-corrected chi connectivity index (χ4v) is 2.81. The average molecular weight is 239 g/mol. The number of rotatable bonds is 3. The smallest absolute Gasteiger partial charge is 0.236 e. The highest BCUT2D eigenvalue weighted by Gasteiger charge is 2.60. The molecule has 0 saturated carbocycles. The van der Waals surface area contributed by atoms with Gasteiger partial charge in [0.1, 0.15) is 0 Å². The van der Waals surface area contributed by atoms with Crippen molar-refractivity contribution in [2.24, 2.45) is 11.8 Å². The van der Waals surface area contributed by atoms with E-state index in [0.29, 0.717) is 0 Å². The van der Waals surface area contributed by atoms with Gasteiger partial charge in [0.25, 0.3) is 0 Å². The monoisotopic (exact) mass is 239 g/mol. The molecule has 2 N–H and O–H groups in total. The molecular weight excluding hydrogens is 226 g/mol. The molecule has 6 heteroatoms. The van der Waals surface area contributed by atoms with Crippen LogP contribution in [0.5, 0.6) is 0 Å². The van der Waals surface area contributed by atoms with Crippen LogP contribution in [-0.2, 0) is 14.3 Å². The van der Waals surface area contributed by atoms with Gasteiger partial charge in [-0.05, 0) is 0 Å². The predicted octanol–water partition coefficient (Wildman–Crippen LogP) is -1.72. The van der Waals surface area contributed by atoms with Crippen LogP contribution in [0.25, 0.3) is 0 Å². The minimum absolute atomic E-state index is 0.138. The normalized spacial score (nSPS) is 40.2. The van der Waals surface area contributed by atoms with Crippen molar-refractivity contribution in [3.63, 3.8) is 0 Å². The topological polar surface area (TPSA) is 87.1 Å². The zero-order valence-electron chi connectivity index (χ0n) is 9.02. The van der Waals surface area contributed by atoms with Crippen LogP contribution in [0.4, 0.5) is 0 Å². The van der Waals surface area contributed by atoms with Crippen LogP contribution < -0.4 is 0 Å². The van der Waals surface area contributed by atoms with Gasteiger partial charge in [-0.1, -0.05) is 12.2 Å². The Bertz CT molecular complexity index is 377. The Morgan fingerprint density at radius 3 is 2.24 bits per heavy atom. The van der Waals surface area contributed by atoms with Gasteiger partial charge in [0.05, 0.1) is 43.3 Å². The van der Waals surface area contributed by atoms with Crippen molar-refractivity contribution in [2.45, 2.75) is 18.3 Å². The minimum Gasteiger partial charge on any atom is -0.394 e. The van der Waals surface area contributed by atoms with Gasteiger partial charge in [-0.15, -0.1) is 0 Å². The van der Waals surface area contributed by atoms with E-state index < -0.39 is 24.5 Å². The molecule has 2 saturated heterocycles. The Morgan fingerprint density at radius 1 is 1.24 bits per heavy atom. The maximum atomic E-state index is 12.0. The first kappa shape index (κ1) is 10.9. The predicted molar refractivity (Wildman–Crippen MR) is 54.6 cm³/mol. The van der Waals surface area contributed by atoms with E-state index in [4.69, 9.17) is 9.84 Å². The number of aliphatic hydroxyl groups is 2. The minimum atomic E-state index is -1.08. The van der Waals surface area contributed by atoms with Crippen molar-refractivity contribution < 1.29 is 24.5 Å². The number of hydrogen-bond donors (Lipinski definition) is 2. The number of amides is 2. The number of imide groups is 1. The van der Waals surface area contributed by atoms with Gasteiger partial charge in [-0.2, -0.15) is 0 Å². The molecule has 5 unspecified atom stereocenters. The molecule has 17 heavy (non-hydrogen) atoms. The van der Waals surface area contributed by atoms with Gasteiger partial charge < -0.3 is 14.9 Å².